The van der Waals surface area contributed by atoms with Crippen LogP contribution in [-0.4, -0.2) is 81.7 Å². The van der Waals surface area contributed by atoms with Gasteiger partial charge in [0.25, 0.3) is 0 Å². The molecule has 0 bridgehead atoms. The molecule has 1 aliphatic rings. The minimum Gasteiger partial charge on any atom is -0.481 e. The Labute approximate surface area is 117 Å². The van der Waals surface area contributed by atoms with Crippen molar-refractivity contribution in [2.24, 2.45) is 0 Å². The standard InChI is InChI=1S/C12H22N2O4S/c1-12(2,18)9-13-3-5-14(6-4-13)10(15)7-19-8-11(16)17/h18H,3-9H2,1-2H3,(H,16,17). The van der Waals surface area contributed by atoms with Crippen LogP contribution in [0.4, 0.5) is 0 Å². The van der Waals surface area contributed by atoms with Crippen LogP contribution >= 0.6 is 11.8 Å². The number of aliphatic hydroxyl groups is 1. The van der Waals surface area contributed by atoms with Crippen molar-refractivity contribution in [1.82, 2.24) is 9.80 Å². The lowest BCUT2D eigenvalue weighted by Gasteiger charge is -2.37. The molecule has 0 aliphatic carbocycles. The van der Waals surface area contributed by atoms with Crippen molar-refractivity contribution in [3.63, 3.8) is 0 Å². The van der Waals surface area contributed by atoms with Gasteiger partial charge in [-0.15, -0.1) is 11.8 Å². The number of nitrogens with zero attached hydrogens (tertiary/aromatic N) is 2. The number of aliphatic carboxylic acids is 1. The van der Waals surface area contributed by atoms with Crippen molar-refractivity contribution < 1.29 is 19.8 Å². The van der Waals surface area contributed by atoms with E-state index in [0.717, 1.165) is 24.9 Å². The number of β-amino-alcohol motifs (C(OH)–C–C–N with tert-alkyl or cyclic N) is 1. The molecule has 0 spiro atoms. The van der Waals surface area contributed by atoms with Gasteiger partial charge in [0.2, 0.25) is 5.91 Å². The van der Waals surface area contributed by atoms with Crippen LogP contribution in [0.3, 0.4) is 0 Å². The molecule has 0 atom stereocenters. The Morgan fingerprint density at radius 2 is 1.74 bits per heavy atom. The molecule has 0 saturated carbocycles. The third-order valence-electron chi connectivity index (χ3n) is 2.79. The van der Waals surface area contributed by atoms with Crippen LogP contribution in [0.15, 0.2) is 0 Å². The van der Waals surface area contributed by atoms with E-state index in [0.29, 0.717) is 19.6 Å². The number of amides is 1. The van der Waals surface area contributed by atoms with E-state index in [4.69, 9.17) is 5.11 Å². The largest absolute Gasteiger partial charge is 0.481 e. The smallest absolute Gasteiger partial charge is 0.313 e. The maximum atomic E-state index is 11.8. The Balaban J connectivity index is 2.25. The first-order valence-corrected chi connectivity index (χ1v) is 7.45. The van der Waals surface area contributed by atoms with Gasteiger partial charge >= 0.3 is 5.97 Å². The van der Waals surface area contributed by atoms with Gasteiger partial charge in [-0.05, 0) is 13.8 Å². The van der Waals surface area contributed by atoms with Crippen LogP contribution in [0.1, 0.15) is 13.8 Å². The zero-order chi connectivity index (χ0) is 14.5. The van der Waals surface area contributed by atoms with E-state index in [9.17, 15) is 14.7 Å². The van der Waals surface area contributed by atoms with E-state index in [2.05, 4.69) is 4.90 Å². The Morgan fingerprint density at radius 3 is 2.21 bits per heavy atom. The summed E-state index contributed by atoms with van der Waals surface area (Å²) in [5.41, 5.74) is -0.719. The van der Waals surface area contributed by atoms with E-state index in [1.54, 1.807) is 18.7 Å². The second-order valence-electron chi connectivity index (χ2n) is 5.36. The van der Waals surface area contributed by atoms with E-state index in [1.807, 2.05) is 0 Å². The minimum absolute atomic E-state index is 0.00541. The lowest BCUT2D eigenvalue weighted by Crippen LogP contribution is -2.52. The summed E-state index contributed by atoms with van der Waals surface area (Å²) in [5, 5.41) is 18.2. The normalized spacial score (nSPS) is 17.5. The van der Waals surface area contributed by atoms with Gasteiger partial charge in [-0.1, -0.05) is 0 Å². The molecular formula is C12H22N2O4S. The van der Waals surface area contributed by atoms with Crippen LogP contribution < -0.4 is 0 Å². The average Bonchev–Trinajstić information content (AvgIpc) is 2.27. The highest BCUT2D eigenvalue weighted by Gasteiger charge is 2.24. The monoisotopic (exact) mass is 290 g/mol. The molecule has 1 fully saturated rings. The first kappa shape index (κ1) is 16.3. The maximum Gasteiger partial charge on any atom is 0.313 e. The average molecular weight is 290 g/mol. The van der Waals surface area contributed by atoms with Crippen molar-refractivity contribution >= 4 is 23.6 Å². The van der Waals surface area contributed by atoms with Gasteiger partial charge in [0.15, 0.2) is 0 Å². The SMILES string of the molecule is CC(C)(O)CN1CCN(C(=O)CSCC(=O)O)CC1. The van der Waals surface area contributed by atoms with Gasteiger partial charge < -0.3 is 15.1 Å². The third kappa shape index (κ3) is 6.79. The van der Waals surface area contributed by atoms with E-state index >= 15 is 0 Å². The van der Waals surface area contributed by atoms with Crippen molar-refractivity contribution in [2.75, 3.05) is 44.2 Å². The molecule has 0 radical (unpaired) electrons. The van der Waals surface area contributed by atoms with Crippen LogP contribution in [0, 0.1) is 0 Å². The summed E-state index contributed by atoms with van der Waals surface area (Å²) < 4.78 is 0. The summed E-state index contributed by atoms with van der Waals surface area (Å²) in [4.78, 5) is 26.1. The second kappa shape index (κ2) is 7.12. The fourth-order valence-electron chi connectivity index (χ4n) is 2.02. The van der Waals surface area contributed by atoms with Crippen molar-refractivity contribution in [3.8, 4) is 0 Å². The van der Waals surface area contributed by atoms with Gasteiger partial charge in [-0.25, -0.2) is 0 Å². The molecule has 6 nitrogen and oxygen atoms in total. The number of piperazine rings is 1. The molecule has 0 aromatic carbocycles. The number of rotatable bonds is 6. The fraction of sp³-hybridized carbons (Fsp3) is 0.833. The summed E-state index contributed by atoms with van der Waals surface area (Å²) in [6.45, 7) is 6.92. The molecule has 1 aliphatic heterocycles. The summed E-state index contributed by atoms with van der Waals surface area (Å²) in [7, 11) is 0. The number of thioether (sulfide) groups is 1. The lowest BCUT2D eigenvalue weighted by atomic mass is 10.1. The van der Waals surface area contributed by atoms with Crippen LogP contribution in [0.25, 0.3) is 0 Å². The van der Waals surface area contributed by atoms with Crippen molar-refractivity contribution in [1.29, 1.82) is 0 Å². The molecule has 19 heavy (non-hydrogen) atoms. The molecule has 1 heterocycles. The van der Waals surface area contributed by atoms with Gasteiger partial charge in [0, 0.05) is 32.7 Å². The molecule has 1 saturated heterocycles. The third-order valence-corrected chi connectivity index (χ3v) is 3.69. The number of hydrogen-bond acceptors (Lipinski definition) is 5. The van der Waals surface area contributed by atoms with Crippen LogP contribution in [-0.2, 0) is 9.59 Å². The quantitative estimate of drug-likeness (QED) is 0.700. The first-order chi connectivity index (χ1) is 8.78. The molecule has 1 amide bonds. The number of carbonyl (C=O) groups is 2. The Kier molecular flexibility index (Phi) is 6.09. The molecule has 1 rings (SSSR count). The topological polar surface area (TPSA) is 81.1 Å². The van der Waals surface area contributed by atoms with Crippen molar-refractivity contribution in [3.05, 3.63) is 0 Å². The molecule has 0 aromatic heterocycles. The molecule has 7 heteroatoms. The van der Waals surface area contributed by atoms with Gasteiger partial charge in [-0.2, -0.15) is 0 Å². The highest BCUT2D eigenvalue weighted by Crippen LogP contribution is 2.10. The summed E-state index contributed by atoms with van der Waals surface area (Å²) >= 11 is 1.13. The molecular weight excluding hydrogens is 268 g/mol. The van der Waals surface area contributed by atoms with Gasteiger partial charge in [0.1, 0.15) is 0 Å². The molecule has 0 unspecified atom stereocenters. The highest BCUT2D eigenvalue weighted by molar-refractivity contribution is 8.00. The zero-order valence-electron chi connectivity index (χ0n) is 11.5. The van der Waals surface area contributed by atoms with Crippen LogP contribution in [0.5, 0.6) is 0 Å². The fourth-order valence-corrected chi connectivity index (χ4v) is 2.65. The number of carboxylic acids is 1. The van der Waals surface area contributed by atoms with Gasteiger partial charge in [-0.3, -0.25) is 14.5 Å². The molecule has 0 aromatic rings. The Morgan fingerprint density at radius 1 is 1.16 bits per heavy atom. The maximum absolute atomic E-state index is 11.8. The Hall–Kier alpha value is -0.790. The van der Waals surface area contributed by atoms with Crippen molar-refractivity contribution in [2.45, 2.75) is 19.4 Å². The Bertz CT molecular complexity index is 322. The number of carbonyl (C=O) groups excluding carboxylic acids is 1. The lowest BCUT2D eigenvalue weighted by molar-refractivity contribution is -0.133. The highest BCUT2D eigenvalue weighted by atomic mass is 32.2. The predicted octanol–water partition coefficient (Wildman–Crippen LogP) is -0.281. The zero-order valence-corrected chi connectivity index (χ0v) is 12.3. The minimum atomic E-state index is -0.896. The predicted molar refractivity (Wildman–Crippen MR) is 74.3 cm³/mol. The number of carboxylic acid groups (broad SMARTS) is 1. The summed E-state index contributed by atoms with van der Waals surface area (Å²) in [6, 6.07) is 0. The summed E-state index contributed by atoms with van der Waals surface area (Å²) in [6.07, 6.45) is 0. The second-order valence-corrected chi connectivity index (χ2v) is 6.34. The van der Waals surface area contributed by atoms with E-state index < -0.39 is 11.6 Å². The van der Waals surface area contributed by atoms with Crippen LogP contribution in [0.2, 0.25) is 0 Å². The summed E-state index contributed by atoms with van der Waals surface area (Å²) in [5.74, 6) is -0.718. The van der Waals surface area contributed by atoms with E-state index in [1.165, 1.54) is 0 Å². The molecule has 110 valence electrons. The molecule has 2 N–H and O–H groups in total. The first-order valence-electron chi connectivity index (χ1n) is 6.30. The van der Waals surface area contributed by atoms with Gasteiger partial charge in [0.05, 0.1) is 17.1 Å². The van der Waals surface area contributed by atoms with E-state index in [-0.39, 0.29) is 17.4 Å². The number of hydrogen-bond donors (Lipinski definition) is 2.